The van der Waals surface area contributed by atoms with Crippen molar-refractivity contribution in [1.29, 1.82) is 0 Å². The average molecular weight is 155 g/mol. The second-order valence-corrected chi connectivity index (χ2v) is 2.08. The molecule has 1 N–H and O–H groups in total. The third-order valence-electron chi connectivity index (χ3n) is 1.09. The van der Waals surface area contributed by atoms with Gasteiger partial charge >= 0.3 is 0 Å². The molecule has 0 saturated carbocycles. The van der Waals surface area contributed by atoms with E-state index in [1.54, 1.807) is 0 Å². The van der Waals surface area contributed by atoms with Gasteiger partial charge in [0.25, 0.3) is 6.47 Å². The van der Waals surface area contributed by atoms with Gasteiger partial charge in [0, 0.05) is 0 Å². The first-order valence-electron chi connectivity index (χ1n) is 3.37. The number of ether oxygens (including phenoxy) is 1. The standard InChI is InChI=1S/C6H9N.C2H4O2/c1-6-2-4-7-5-3-6;1-4-2-3/h2-7H,1H3;2H,1H3. The summed E-state index contributed by atoms with van der Waals surface area (Å²) in [4.78, 5) is 8.95. The number of rotatable bonds is 1. The maximum absolute atomic E-state index is 8.95. The van der Waals surface area contributed by atoms with Crippen LogP contribution in [0.4, 0.5) is 0 Å². The molecule has 0 aliphatic carbocycles. The number of nitrogens with one attached hydrogen (secondary N) is 1. The maximum atomic E-state index is 8.95. The van der Waals surface area contributed by atoms with Crippen molar-refractivity contribution in [2.24, 2.45) is 5.92 Å². The molecule has 0 unspecified atom stereocenters. The SMILES string of the molecule is CC1C=CNC=C1.COC=O. The predicted molar refractivity (Wildman–Crippen MR) is 43.7 cm³/mol. The van der Waals surface area contributed by atoms with Crippen LogP contribution in [0.3, 0.4) is 0 Å². The average Bonchev–Trinajstić information content (AvgIpc) is 2.07. The summed E-state index contributed by atoms with van der Waals surface area (Å²) in [6, 6.07) is 0. The van der Waals surface area contributed by atoms with Crippen molar-refractivity contribution >= 4 is 6.47 Å². The largest absolute Gasteiger partial charge is 0.471 e. The van der Waals surface area contributed by atoms with Gasteiger partial charge in [-0.25, -0.2) is 0 Å². The van der Waals surface area contributed by atoms with Crippen molar-refractivity contribution in [3.63, 3.8) is 0 Å². The van der Waals surface area contributed by atoms with Gasteiger partial charge in [-0.3, -0.25) is 4.79 Å². The minimum absolute atomic E-state index is 0.375. The topological polar surface area (TPSA) is 38.3 Å². The maximum Gasteiger partial charge on any atom is 0.292 e. The molecule has 0 amide bonds. The minimum atomic E-state index is 0.375. The molecule has 0 radical (unpaired) electrons. The molecule has 62 valence electrons. The highest BCUT2D eigenvalue weighted by molar-refractivity contribution is 5.36. The molecule has 1 aliphatic rings. The highest BCUT2D eigenvalue weighted by Crippen LogP contribution is 1.99. The molecular formula is C8H13NO2. The summed E-state index contributed by atoms with van der Waals surface area (Å²) < 4.78 is 3.86. The van der Waals surface area contributed by atoms with Gasteiger partial charge in [0.15, 0.2) is 0 Å². The van der Waals surface area contributed by atoms with Gasteiger partial charge in [-0.1, -0.05) is 19.1 Å². The predicted octanol–water partition coefficient (Wildman–Crippen LogP) is 1.04. The lowest BCUT2D eigenvalue weighted by molar-refractivity contribution is -0.126. The van der Waals surface area contributed by atoms with Gasteiger partial charge in [0.1, 0.15) is 0 Å². The first kappa shape index (κ1) is 9.75. The van der Waals surface area contributed by atoms with E-state index in [0.717, 1.165) is 0 Å². The highest BCUT2D eigenvalue weighted by Gasteiger charge is 1.89. The Balaban J connectivity index is 0.000000218. The molecule has 1 aliphatic heterocycles. The van der Waals surface area contributed by atoms with Crippen LogP contribution in [-0.2, 0) is 9.53 Å². The Kier molecular flexibility index (Phi) is 6.08. The molecule has 0 bridgehead atoms. The number of carbonyl (C=O) groups is 1. The highest BCUT2D eigenvalue weighted by atomic mass is 16.5. The zero-order chi connectivity index (χ0) is 8.53. The molecule has 1 rings (SSSR count). The van der Waals surface area contributed by atoms with E-state index in [1.165, 1.54) is 7.11 Å². The van der Waals surface area contributed by atoms with Crippen LogP contribution >= 0.6 is 0 Å². The van der Waals surface area contributed by atoms with Crippen molar-refractivity contribution in [2.75, 3.05) is 7.11 Å². The van der Waals surface area contributed by atoms with Gasteiger partial charge in [-0.05, 0) is 18.3 Å². The van der Waals surface area contributed by atoms with Crippen LogP contribution in [0.25, 0.3) is 0 Å². The molecular weight excluding hydrogens is 142 g/mol. The smallest absolute Gasteiger partial charge is 0.292 e. The number of methoxy groups -OCH3 is 1. The molecule has 0 spiro atoms. The monoisotopic (exact) mass is 155 g/mol. The van der Waals surface area contributed by atoms with Crippen LogP contribution in [0.5, 0.6) is 0 Å². The van der Waals surface area contributed by atoms with Gasteiger partial charge in [0.2, 0.25) is 0 Å². The van der Waals surface area contributed by atoms with E-state index in [-0.39, 0.29) is 0 Å². The third-order valence-corrected chi connectivity index (χ3v) is 1.09. The Morgan fingerprint density at radius 1 is 1.45 bits per heavy atom. The van der Waals surface area contributed by atoms with Crippen LogP contribution < -0.4 is 5.32 Å². The van der Waals surface area contributed by atoms with Gasteiger partial charge in [0.05, 0.1) is 7.11 Å². The molecule has 3 heteroatoms. The summed E-state index contributed by atoms with van der Waals surface area (Å²) in [5, 5.41) is 2.95. The summed E-state index contributed by atoms with van der Waals surface area (Å²) >= 11 is 0. The van der Waals surface area contributed by atoms with E-state index >= 15 is 0 Å². The van der Waals surface area contributed by atoms with E-state index in [1.807, 2.05) is 12.4 Å². The number of carbonyl (C=O) groups excluding carboxylic acids is 1. The Labute approximate surface area is 66.7 Å². The van der Waals surface area contributed by atoms with Gasteiger partial charge in [-0.15, -0.1) is 0 Å². The van der Waals surface area contributed by atoms with E-state index in [2.05, 4.69) is 29.1 Å². The Hall–Kier alpha value is -1.25. The van der Waals surface area contributed by atoms with Crippen molar-refractivity contribution in [2.45, 2.75) is 6.92 Å². The van der Waals surface area contributed by atoms with Crippen molar-refractivity contribution < 1.29 is 9.53 Å². The van der Waals surface area contributed by atoms with Gasteiger partial charge < -0.3 is 10.1 Å². The van der Waals surface area contributed by atoms with E-state index in [0.29, 0.717) is 12.4 Å². The summed E-state index contributed by atoms with van der Waals surface area (Å²) in [6.45, 7) is 2.52. The van der Waals surface area contributed by atoms with E-state index in [4.69, 9.17) is 4.79 Å². The first-order chi connectivity index (χ1) is 5.31. The summed E-state index contributed by atoms with van der Waals surface area (Å²) in [5.41, 5.74) is 0. The molecule has 0 aromatic heterocycles. The second kappa shape index (κ2) is 6.86. The summed E-state index contributed by atoms with van der Waals surface area (Å²) in [6.07, 6.45) is 8.12. The summed E-state index contributed by atoms with van der Waals surface area (Å²) in [5.74, 6) is 0.612. The van der Waals surface area contributed by atoms with Crippen molar-refractivity contribution in [1.82, 2.24) is 5.32 Å². The quantitative estimate of drug-likeness (QED) is 0.575. The van der Waals surface area contributed by atoms with Gasteiger partial charge in [-0.2, -0.15) is 0 Å². The molecule has 0 saturated heterocycles. The summed E-state index contributed by atoms with van der Waals surface area (Å²) in [7, 11) is 1.31. The number of allylic oxidation sites excluding steroid dienone is 2. The van der Waals surface area contributed by atoms with Crippen LogP contribution in [0.15, 0.2) is 24.6 Å². The molecule has 0 aromatic rings. The van der Waals surface area contributed by atoms with Crippen LogP contribution in [-0.4, -0.2) is 13.6 Å². The Morgan fingerprint density at radius 3 is 2.09 bits per heavy atom. The Bertz CT molecular complexity index is 140. The Morgan fingerprint density at radius 2 is 1.91 bits per heavy atom. The number of dihydropyridines is 1. The van der Waals surface area contributed by atoms with Crippen molar-refractivity contribution in [3.05, 3.63) is 24.6 Å². The van der Waals surface area contributed by atoms with E-state index in [9.17, 15) is 0 Å². The second-order valence-electron chi connectivity index (χ2n) is 2.08. The fourth-order valence-corrected chi connectivity index (χ4v) is 0.534. The molecule has 3 nitrogen and oxygen atoms in total. The molecule has 0 atom stereocenters. The first-order valence-corrected chi connectivity index (χ1v) is 3.37. The number of hydrogen-bond donors (Lipinski definition) is 1. The van der Waals surface area contributed by atoms with Crippen LogP contribution in [0.1, 0.15) is 6.92 Å². The molecule has 0 aromatic carbocycles. The number of hydrogen-bond acceptors (Lipinski definition) is 3. The van der Waals surface area contributed by atoms with Crippen molar-refractivity contribution in [3.8, 4) is 0 Å². The minimum Gasteiger partial charge on any atom is -0.471 e. The van der Waals surface area contributed by atoms with E-state index < -0.39 is 0 Å². The lowest BCUT2D eigenvalue weighted by atomic mass is 10.1. The van der Waals surface area contributed by atoms with Crippen LogP contribution in [0.2, 0.25) is 0 Å². The molecule has 0 fully saturated rings. The zero-order valence-corrected chi connectivity index (χ0v) is 6.78. The lowest BCUT2D eigenvalue weighted by Crippen LogP contribution is -1.99. The zero-order valence-electron chi connectivity index (χ0n) is 6.78. The van der Waals surface area contributed by atoms with Crippen LogP contribution in [0, 0.1) is 5.92 Å². The molecule has 1 heterocycles. The fourth-order valence-electron chi connectivity index (χ4n) is 0.534. The lowest BCUT2D eigenvalue weighted by Gasteiger charge is -2.02. The normalized spacial score (nSPS) is 14.4. The fraction of sp³-hybridized carbons (Fsp3) is 0.375. The molecule has 11 heavy (non-hydrogen) atoms. The third kappa shape index (κ3) is 6.64.